The van der Waals surface area contributed by atoms with E-state index in [-0.39, 0.29) is 5.56 Å². The number of nitrogens with zero attached hydrogens (tertiary/aromatic N) is 1. The minimum Gasteiger partial charge on any atom is -0.310 e. The third kappa shape index (κ3) is 2.72. The van der Waals surface area contributed by atoms with Crippen LogP contribution in [0.3, 0.4) is 0 Å². The smallest absolute Gasteiger partial charge is 0.255 e. The van der Waals surface area contributed by atoms with Gasteiger partial charge in [0.2, 0.25) is 0 Å². The fourth-order valence-corrected chi connectivity index (χ4v) is 3.11. The van der Waals surface area contributed by atoms with Crippen LogP contribution >= 0.6 is 11.3 Å². The van der Waals surface area contributed by atoms with E-state index in [1.54, 1.807) is 11.3 Å². The zero-order valence-corrected chi connectivity index (χ0v) is 12.7. The van der Waals surface area contributed by atoms with Crippen LogP contribution in [0.25, 0.3) is 10.6 Å². The van der Waals surface area contributed by atoms with E-state index in [0.717, 1.165) is 24.1 Å². The van der Waals surface area contributed by atoms with Gasteiger partial charge in [-0.25, -0.2) is 0 Å². The molecule has 3 nitrogen and oxygen atoms in total. The van der Waals surface area contributed by atoms with Gasteiger partial charge in [0, 0.05) is 24.2 Å². The molecule has 106 valence electrons. The highest BCUT2D eigenvalue weighted by molar-refractivity contribution is 7.13. The van der Waals surface area contributed by atoms with Gasteiger partial charge in [-0.15, -0.1) is 11.3 Å². The number of pyridine rings is 1. The zero-order chi connectivity index (χ0) is 14.1. The van der Waals surface area contributed by atoms with Crippen molar-refractivity contribution < 1.29 is 0 Å². The van der Waals surface area contributed by atoms with Crippen molar-refractivity contribution in [3.8, 4) is 10.6 Å². The second kappa shape index (κ2) is 5.54. The summed E-state index contributed by atoms with van der Waals surface area (Å²) < 4.78 is 2.00. The SMILES string of the molecule is CC(C)NCc1ccc(-c2cccs2)n(C2CC2)c1=O. The molecular formula is C16H20N2OS. The van der Waals surface area contributed by atoms with Crippen molar-refractivity contribution in [1.82, 2.24) is 9.88 Å². The molecule has 4 heteroatoms. The molecule has 1 aliphatic carbocycles. The van der Waals surface area contributed by atoms with Crippen molar-refractivity contribution in [3.05, 3.63) is 45.6 Å². The Morgan fingerprint density at radius 2 is 2.15 bits per heavy atom. The molecule has 0 spiro atoms. The molecule has 0 aromatic carbocycles. The van der Waals surface area contributed by atoms with Crippen molar-refractivity contribution in [3.63, 3.8) is 0 Å². The Morgan fingerprint density at radius 3 is 2.75 bits per heavy atom. The molecule has 0 unspecified atom stereocenters. The molecule has 1 aliphatic rings. The monoisotopic (exact) mass is 288 g/mol. The van der Waals surface area contributed by atoms with Crippen molar-refractivity contribution in [1.29, 1.82) is 0 Å². The van der Waals surface area contributed by atoms with Crippen LogP contribution < -0.4 is 10.9 Å². The van der Waals surface area contributed by atoms with E-state index in [0.29, 0.717) is 18.6 Å². The van der Waals surface area contributed by atoms with Gasteiger partial charge in [0.05, 0.1) is 10.6 Å². The predicted octanol–water partition coefficient (Wildman–Crippen LogP) is 3.41. The van der Waals surface area contributed by atoms with E-state index >= 15 is 0 Å². The average Bonchev–Trinajstić information content (AvgIpc) is 3.11. The first-order valence-corrected chi connectivity index (χ1v) is 8.06. The van der Waals surface area contributed by atoms with Gasteiger partial charge in [-0.05, 0) is 30.4 Å². The highest BCUT2D eigenvalue weighted by Gasteiger charge is 2.28. The van der Waals surface area contributed by atoms with Gasteiger partial charge in [-0.1, -0.05) is 26.0 Å². The van der Waals surface area contributed by atoms with Crippen LogP contribution in [0.1, 0.15) is 38.3 Å². The second-order valence-corrected chi connectivity index (χ2v) is 6.61. The lowest BCUT2D eigenvalue weighted by Gasteiger charge is -2.14. The van der Waals surface area contributed by atoms with Gasteiger partial charge >= 0.3 is 0 Å². The molecule has 0 radical (unpaired) electrons. The summed E-state index contributed by atoms with van der Waals surface area (Å²) in [6, 6.07) is 8.99. The number of hydrogen-bond acceptors (Lipinski definition) is 3. The lowest BCUT2D eigenvalue weighted by Crippen LogP contribution is -2.30. The minimum atomic E-state index is 0.173. The quantitative estimate of drug-likeness (QED) is 0.915. The Bertz CT molecular complexity index is 639. The molecule has 2 aromatic heterocycles. The van der Waals surface area contributed by atoms with Crippen LogP contribution in [-0.2, 0) is 6.54 Å². The molecular weight excluding hydrogens is 268 g/mol. The summed E-state index contributed by atoms with van der Waals surface area (Å²) in [5.74, 6) is 0. The Hall–Kier alpha value is -1.39. The molecule has 0 amide bonds. The molecule has 0 aliphatic heterocycles. The fourth-order valence-electron chi connectivity index (χ4n) is 2.36. The van der Waals surface area contributed by atoms with Gasteiger partial charge in [0.25, 0.3) is 5.56 Å². The van der Waals surface area contributed by atoms with E-state index in [1.165, 1.54) is 4.88 Å². The van der Waals surface area contributed by atoms with E-state index < -0.39 is 0 Å². The molecule has 1 saturated carbocycles. The number of thiophene rings is 1. The summed E-state index contributed by atoms with van der Waals surface area (Å²) in [6.07, 6.45) is 2.25. The average molecular weight is 288 g/mol. The number of rotatable bonds is 5. The summed E-state index contributed by atoms with van der Waals surface area (Å²) >= 11 is 1.69. The first-order chi connectivity index (χ1) is 9.66. The van der Waals surface area contributed by atoms with Gasteiger partial charge in [-0.3, -0.25) is 4.79 Å². The van der Waals surface area contributed by atoms with Crippen molar-refractivity contribution in [2.45, 2.75) is 45.3 Å². The Morgan fingerprint density at radius 1 is 1.35 bits per heavy atom. The maximum absolute atomic E-state index is 12.7. The van der Waals surface area contributed by atoms with Crippen LogP contribution in [0.2, 0.25) is 0 Å². The Balaban J connectivity index is 2.01. The van der Waals surface area contributed by atoms with Gasteiger partial charge in [0.15, 0.2) is 0 Å². The van der Waals surface area contributed by atoms with Crippen LogP contribution in [-0.4, -0.2) is 10.6 Å². The number of hydrogen-bond donors (Lipinski definition) is 1. The van der Waals surface area contributed by atoms with Crippen molar-refractivity contribution in [2.75, 3.05) is 0 Å². The first kappa shape index (κ1) is 13.6. The van der Waals surface area contributed by atoms with E-state index in [4.69, 9.17) is 0 Å². The van der Waals surface area contributed by atoms with E-state index in [1.807, 2.05) is 16.7 Å². The van der Waals surface area contributed by atoms with Crippen molar-refractivity contribution in [2.24, 2.45) is 0 Å². The first-order valence-electron chi connectivity index (χ1n) is 7.18. The van der Waals surface area contributed by atoms with Crippen LogP contribution in [0.4, 0.5) is 0 Å². The molecule has 1 fully saturated rings. The third-order valence-corrected chi connectivity index (χ3v) is 4.47. The van der Waals surface area contributed by atoms with Crippen LogP contribution in [0, 0.1) is 0 Å². The van der Waals surface area contributed by atoms with E-state index in [9.17, 15) is 4.79 Å². The molecule has 0 bridgehead atoms. The van der Waals surface area contributed by atoms with Crippen LogP contribution in [0.15, 0.2) is 34.4 Å². The highest BCUT2D eigenvalue weighted by Crippen LogP contribution is 2.38. The number of nitrogens with one attached hydrogen (secondary N) is 1. The fraction of sp³-hybridized carbons (Fsp3) is 0.438. The van der Waals surface area contributed by atoms with Gasteiger partial charge in [-0.2, -0.15) is 0 Å². The topological polar surface area (TPSA) is 34.0 Å². The molecule has 2 aromatic rings. The normalized spacial score (nSPS) is 14.9. The van der Waals surface area contributed by atoms with Crippen LogP contribution in [0.5, 0.6) is 0 Å². The van der Waals surface area contributed by atoms with Gasteiger partial charge < -0.3 is 9.88 Å². The minimum absolute atomic E-state index is 0.173. The Labute approximate surface area is 123 Å². The zero-order valence-electron chi connectivity index (χ0n) is 11.9. The molecule has 2 heterocycles. The largest absolute Gasteiger partial charge is 0.310 e. The second-order valence-electron chi connectivity index (χ2n) is 5.66. The predicted molar refractivity (Wildman–Crippen MR) is 84.3 cm³/mol. The molecule has 0 saturated heterocycles. The summed E-state index contributed by atoms with van der Waals surface area (Å²) in [4.78, 5) is 13.9. The Kier molecular flexibility index (Phi) is 3.76. The summed E-state index contributed by atoms with van der Waals surface area (Å²) in [6.45, 7) is 4.84. The molecule has 1 N–H and O–H groups in total. The summed E-state index contributed by atoms with van der Waals surface area (Å²) in [7, 11) is 0. The molecule has 20 heavy (non-hydrogen) atoms. The van der Waals surface area contributed by atoms with Gasteiger partial charge in [0.1, 0.15) is 0 Å². The summed E-state index contributed by atoms with van der Waals surface area (Å²) in [5, 5.41) is 5.39. The third-order valence-electron chi connectivity index (χ3n) is 3.58. The molecule has 0 atom stereocenters. The van der Waals surface area contributed by atoms with E-state index in [2.05, 4.69) is 36.7 Å². The lowest BCUT2D eigenvalue weighted by molar-refractivity contribution is 0.579. The number of aromatic nitrogens is 1. The summed E-state index contributed by atoms with van der Waals surface area (Å²) in [5.41, 5.74) is 2.11. The highest BCUT2D eigenvalue weighted by atomic mass is 32.1. The molecule has 3 rings (SSSR count). The standard InChI is InChI=1S/C16H20N2OS/c1-11(2)17-10-12-5-8-14(15-4-3-9-20-15)18(16(12)19)13-6-7-13/h3-5,8-9,11,13,17H,6-7,10H2,1-2H3. The maximum atomic E-state index is 12.7. The van der Waals surface area contributed by atoms with Crippen molar-refractivity contribution >= 4 is 11.3 Å². The maximum Gasteiger partial charge on any atom is 0.255 e. The lowest BCUT2D eigenvalue weighted by atomic mass is 10.2.